The number of nitrogens with zero attached hydrogens (tertiary/aromatic N) is 1. The van der Waals surface area contributed by atoms with E-state index in [1.165, 1.54) is 51.7 Å². The van der Waals surface area contributed by atoms with Crippen LogP contribution in [0.15, 0.2) is 0 Å². The SMILES string of the molecule is COCCC1(CN2CC(C3CC3)NCC2C)CC1. The Labute approximate surface area is 111 Å². The van der Waals surface area contributed by atoms with E-state index in [4.69, 9.17) is 4.74 Å². The summed E-state index contributed by atoms with van der Waals surface area (Å²) in [6.07, 6.45) is 7.00. The second-order valence-electron chi connectivity index (χ2n) is 6.87. The predicted molar refractivity (Wildman–Crippen MR) is 73.7 cm³/mol. The van der Waals surface area contributed by atoms with E-state index in [0.29, 0.717) is 11.5 Å². The summed E-state index contributed by atoms with van der Waals surface area (Å²) in [5, 5.41) is 3.74. The smallest absolute Gasteiger partial charge is 0.0468 e. The Bertz CT molecular complexity index is 286. The molecule has 3 heteroatoms. The molecule has 3 aliphatic rings. The Kier molecular flexibility index (Phi) is 3.65. The van der Waals surface area contributed by atoms with Crippen LogP contribution in [0.4, 0.5) is 0 Å². The van der Waals surface area contributed by atoms with Crippen LogP contribution in [-0.2, 0) is 4.74 Å². The molecule has 0 aromatic heterocycles. The molecule has 1 N–H and O–H groups in total. The minimum absolute atomic E-state index is 0.607. The Balaban J connectivity index is 1.53. The van der Waals surface area contributed by atoms with Crippen LogP contribution in [-0.4, -0.2) is 50.3 Å². The maximum Gasteiger partial charge on any atom is 0.0468 e. The standard InChI is InChI=1S/C15H28N2O/c1-12-9-16-14(13-3-4-13)10-17(12)11-15(5-6-15)7-8-18-2/h12-14,16H,3-11H2,1-2H3. The lowest BCUT2D eigenvalue weighted by Gasteiger charge is -2.41. The third kappa shape index (κ3) is 2.89. The van der Waals surface area contributed by atoms with E-state index in [9.17, 15) is 0 Å². The Morgan fingerprint density at radius 2 is 2.11 bits per heavy atom. The van der Waals surface area contributed by atoms with E-state index in [0.717, 1.165) is 18.6 Å². The molecular weight excluding hydrogens is 224 g/mol. The second-order valence-corrected chi connectivity index (χ2v) is 6.87. The molecule has 3 nitrogen and oxygen atoms in total. The van der Waals surface area contributed by atoms with Gasteiger partial charge < -0.3 is 10.1 Å². The van der Waals surface area contributed by atoms with Crippen LogP contribution in [0.25, 0.3) is 0 Å². The van der Waals surface area contributed by atoms with Crippen molar-refractivity contribution in [2.24, 2.45) is 11.3 Å². The first-order valence-corrected chi connectivity index (χ1v) is 7.69. The van der Waals surface area contributed by atoms with Gasteiger partial charge in [-0.05, 0) is 50.4 Å². The summed E-state index contributed by atoms with van der Waals surface area (Å²) in [6, 6.07) is 1.49. The van der Waals surface area contributed by atoms with E-state index < -0.39 is 0 Å². The Morgan fingerprint density at radius 3 is 2.72 bits per heavy atom. The van der Waals surface area contributed by atoms with Crippen molar-refractivity contribution in [1.82, 2.24) is 10.2 Å². The van der Waals surface area contributed by atoms with Crippen molar-refractivity contribution in [3.05, 3.63) is 0 Å². The van der Waals surface area contributed by atoms with Crippen LogP contribution in [0.3, 0.4) is 0 Å². The molecule has 2 saturated carbocycles. The number of ether oxygens (including phenoxy) is 1. The average molecular weight is 252 g/mol. The lowest BCUT2D eigenvalue weighted by atomic mass is 9.98. The van der Waals surface area contributed by atoms with Gasteiger partial charge in [-0.15, -0.1) is 0 Å². The monoisotopic (exact) mass is 252 g/mol. The highest BCUT2D eigenvalue weighted by molar-refractivity contribution is 5.00. The van der Waals surface area contributed by atoms with Crippen molar-refractivity contribution >= 4 is 0 Å². The molecule has 0 spiro atoms. The van der Waals surface area contributed by atoms with Gasteiger partial charge in [0.2, 0.25) is 0 Å². The third-order valence-corrected chi connectivity index (χ3v) is 5.25. The van der Waals surface area contributed by atoms with E-state index in [2.05, 4.69) is 17.1 Å². The zero-order valence-corrected chi connectivity index (χ0v) is 12.0. The first kappa shape index (κ1) is 12.9. The zero-order chi connectivity index (χ0) is 12.6. The van der Waals surface area contributed by atoms with Crippen molar-refractivity contribution in [2.45, 2.75) is 51.1 Å². The van der Waals surface area contributed by atoms with Crippen LogP contribution in [0.2, 0.25) is 0 Å². The van der Waals surface area contributed by atoms with Gasteiger partial charge in [0.25, 0.3) is 0 Å². The number of piperazine rings is 1. The first-order valence-electron chi connectivity index (χ1n) is 7.69. The molecule has 1 saturated heterocycles. The van der Waals surface area contributed by atoms with Gasteiger partial charge in [0.15, 0.2) is 0 Å². The van der Waals surface area contributed by atoms with Gasteiger partial charge in [-0.3, -0.25) is 4.90 Å². The highest BCUT2D eigenvalue weighted by Crippen LogP contribution is 2.50. The van der Waals surface area contributed by atoms with Gasteiger partial charge in [0.05, 0.1) is 0 Å². The summed E-state index contributed by atoms with van der Waals surface area (Å²) in [5.41, 5.74) is 0.607. The summed E-state index contributed by atoms with van der Waals surface area (Å²) in [6.45, 7) is 7.08. The van der Waals surface area contributed by atoms with E-state index in [-0.39, 0.29) is 0 Å². The minimum Gasteiger partial charge on any atom is -0.385 e. The molecule has 2 aliphatic carbocycles. The van der Waals surface area contributed by atoms with Gasteiger partial charge in [0, 0.05) is 45.4 Å². The van der Waals surface area contributed by atoms with Crippen molar-refractivity contribution < 1.29 is 4.74 Å². The summed E-state index contributed by atoms with van der Waals surface area (Å²) in [7, 11) is 1.83. The molecule has 0 amide bonds. The molecular formula is C15H28N2O. The summed E-state index contributed by atoms with van der Waals surface area (Å²) < 4.78 is 5.27. The van der Waals surface area contributed by atoms with Gasteiger partial charge in [-0.25, -0.2) is 0 Å². The number of hydrogen-bond acceptors (Lipinski definition) is 3. The maximum absolute atomic E-state index is 5.27. The van der Waals surface area contributed by atoms with Gasteiger partial charge >= 0.3 is 0 Å². The molecule has 0 aromatic rings. The molecule has 2 unspecified atom stereocenters. The Hall–Kier alpha value is -0.120. The van der Waals surface area contributed by atoms with E-state index in [1.807, 2.05) is 7.11 Å². The van der Waals surface area contributed by atoms with Crippen LogP contribution >= 0.6 is 0 Å². The summed E-state index contributed by atoms with van der Waals surface area (Å²) in [4.78, 5) is 2.75. The fraction of sp³-hybridized carbons (Fsp3) is 1.00. The topological polar surface area (TPSA) is 24.5 Å². The molecule has 1 aliphatic heterocycles. The zero-order valence-electron chi connectivity index (χ0n) is 12.0. The molecule has 3 fully saturated rings. The van der Waals surface area contributed by atoms with Crippen LogP contribution in [0.5, 0.6) is 0 Å². The van der Waals surface area contributed by atoms with E-state index >= 15 is 0 Å². The molecule has 0 bridgehead atoms. The maximum atomic E-state index is 5.27. The average Bonchev–Trinajstić information content (AvgIpc) is 3.24. The van der Waals surface area contributed by atoms with Crippen LogP contribution in [0, 0.1) is 11.3 Å². The largest absolute Gasteiger partial charge is 0.385 e. The second kappa shape index (κ2) is 5.10. The van der Waals surface area contributed by atoms with Gasteiger partial charge in [-0.1, -0.05) is 0 Å². The minimum atomic E-state index is 0.607. The van der Waals surface area contributed by atoms with Crippen LogP contribution < -0.4 is 5.32 Å². The summed E-state index contributed by atoms with van der Waals surface area (Å²) in [5.74, 6) is 0.981. The molecule has 0 radical (unpaired) electrons. The number of methoxy groups -OCH3 is 1. The normalized spacial score (nSPS) is 35.7. The van der Waals surface area contributed by atoms with Crippen molar-refractivity contribution in [2.75, 3.05) is 33.4 Å². The third-order valence-electron chi connectivity index (χ3n) is 5.25. The molecule has 18 heavy (non-hydrogen) atoms. The molecule has 0 aromatic carbocycles. The van der Waals surface area contributed by atoms with Crippen LogP contribution in [0.1, 0.15) is 39.0 Å². The van der Waals surface area contributed by atoms with Gasteiger partial charge in [-0.2, -0.15) is 0 Å². The van der Waals surface area contributed by atoms with Crippen molar-refractivity contribution in [3.63, 3.8) is 0 Å². The fourth-order valence-electron chi connectivity index (χ4n) is 3.40. The first-order chi connectivity index (χ1) is 8.72. The quantitative estimate of drug-likeness (QED) is 0.781. The molecule has 3 rings (SSSR count). The highest BCUT2D eigenvalue weighted by atomic mass is 16.5. The number of hydrogen-bond donors (Lipinski definition) is 1. The molecule has 104 valence electrons. The predicted octanol–water partition coefficient (Wildman–Crippen LogP) is 1.88. The van der Waals surface area contributed by atoms with E-state index in [1.54, 1.807) is 0 Å². The van der Waals surface area contributed by atoms with Gasteiger partial charge in [0.1, 0.15) is 0 Å². The van der Waals surface area contributed by atoms with Crippen molar-refractivity contribution in [3.8, 4) is 0 Å². The highest BCUT2D eigenvalue weighted by Gasteiger charge is 2.45. The lowest BCUT2D eigenvalue weighted by molar-refractivity contribution is 0.0910. The summed E-state index contributed by atoms with van der Waals surface area (Å²) >= 11 is 0. The number of rotatable bonds is 6. The molecule has 2 atom stereocenters. The number of nitrogens with one attached hydrogen (secondary N) is 1. The Morgan fingerprint density at radius 1 is 1.33 bits per heavy atom. The fourth-order valence-corrected chi connectivity index (χ4v) is 3.40. The molecule has 1 heterocycles. The van der Waals surface area contributed by atoms with Crippen molar-refractivity contribution in [1.29, 1.82) is 0 Å². The lowest BCUT2D eigenvalue weighted by Crippen LogP contribution is -2.57.